The molecule has 0 spiro atoms. The Morgan fingerprint density at radius 2 is 1.84 bits per heavy atom. The largest absolute Gasteiger partial charge is 0.456 e. The lowest BCUT2D eigenvalue weighted by molar-refractivity contribution is -0.144. The number of hydrogen-bond donors (Lipinski definition) is 1. The summed E-state index contributed by atoms with van der Waals surface area (Å²) in [5, 5.41) is 2.38. The van der Waals surface area contributed by atoms with Crippen LogP contribution in [0.4, 0.5) is 9.18 Å². The number of ketones is 1. The molecular formula is C18H22FNO5. The quantitative estimate of drug-likeness (QED) is 0.464. The molecular weight excluding hydrogens is 329 g/mol. The number of carbonyl (C=O) groups excluding carboxylic acids is 3. The van der Waals surface area contributed by atoms with Crippen LogP contribution < -0.4 is 5.32 Å². The number of alkyl carbamates (subject to hydrolysis) is 1. The van der Waals surface area contributed by atoms with Gasteiger partial charge >= 0.3 is 12.1 Å². The molecule has 1 aromatic carbocycles. The third kappa shape index (κ3) is 7.60. The summed E-state index contributed by atoms with van der Waals surface area (Å²) in [7, 11) is 0. The number of benzene rings is 1. The van der Waals surface area contributed by atoms with Gasteiger partial charge in [-0.3, -0.25) is 4.79 Å². The van der Waals surface area contributed by atoms with Crippen LogP contribution in [0, 0.1) is 5.82 Å². The maximum absolute atomic E-state index is 12.8. The van der Waals surface area contributed by atoms with Crippen molar-refractivity contribution in [3.05, 3.63) is 48.3 Å². The van der Waals surface area contributed by atoms with Gasteiger partial charge in [-0.2, -0.15) is 0 Å². The summed E-state index contributed by atoms with van der Waals surface area (Å²) in [6.45, 7) is 8.06. The lowest BCUT2D eigenvalue weighted by Crippen LogP contribution is -2.44. The molecule has 136 valence electrons. The zero-order valence-electron chi connectivity index (χ0n) is 14.5. The van der Waals surface area contributed by atoms with Crippen LogP contribution in [-0.4, -0.2) is 36.1 Å². The van der Waals surface area contributed by atoms with Gasteiger partial charge < -0.3 is 14.8 Å². The highest BCUT2D eigenvalue weighted by Gasteiger charge is 2.25. The van der Waals surface area contributed by atoms with Crippen molar-refractivity contribution in [1.29, 1.82) is 0 Å². The van der Waals surface area contributed by atoms with E-state index >= 15 is 0 Å². The van der Waals surface area contributed by atoms with Crippen molar-refractivity contribution in [2.24, 2.45) is 0 Å². The molecule has 0 aliphatic rings. The van der Waals surface area contributed by atoms with E-state index in [1.54, 1.807) is 20.8 Å². The number of amides is 1. The van der Waals surface area contributed by atoms with E-state index in [0.717, 1.165) is 12.1 Å². The fourth-order valence-electron chi connectivity index (χ4n) is 1.79. The number of carbonyl (C=O) groups is 3. The van der Waals surface area contributed by atoms with Gasteiger partial charge in [0.1, 0.15) is 17.5 Å². The first kappa shape index (κ1) is 20.3. The van der Waals surface area contributed by atoms with E-state index in [2.05, 4.69) is 11.9 Å². The third-order valence-corrected chi connectivity index (χ3v) is 2.89. The number of halogens is 1. The maximum atomic E-state index is 12.8. The topological polar surface area (TPSA) is 81.7 Å². The molecule has 7 heteroatoms. The molecule has 1 unspecified atom stereocenters. The maximum Gasteiger partial charge on any atom is 0.408 e. The van der Waals surface area contributed by atoms with Crippen LogP contribution in [0.5, 0.6) is 0 Å². The van der Waals surface area contributed by atoms with Crippen LogP contribution in [0.2, 0.25) is 0 Å². The molecule has 1 amide bonds. The summed E-state index contributed by atoms with van der Waals surface area (Å²) in [6.07, 6.45) is 0.773. The van der Waals surface area contributed by atoms with Crippen molar-refractivity contribution in [3.8, 4) is 0 Å². The number of nitrogens with one attached hydrogen (secondary N) is 1. The molecule has 1 aromatic rings. The number of ether oxygens (including phenoxy) is 2. The minimum Gasteiger partial charge on any atom is -0.456 e. The van der Waals surface area contributed by atoms with E-state index in [-0.39, 0.29) is 12.0 Å². The number of esters is 1. The SMILES string of the molecule is C=CCC(NC(=O)OC(C)(C)C)C(=O)OCC(=O)c1ccc(F)cc1. The smallest absolute Gasteiger partial charge is 0.408 e. The zero-order valence-corrected chi connectivity index (χ0v) is 14.5. The standard InChI is InChI=1S/C18H22FNO5/c1-5-6-14(20-17(23)25-18(2,3)4)16(22)24-11-15(21)12-7-9-13(19)10-8-12/h5,7-10,14H,1,6,11H2,2-4H3,(H,20,23). The predicted octanol–water partition coefficient (Wildman–Crippen LogP) is 3.02. The fraction of sp³-hybridized carbons (Fsp3) is 0.389. The van der Waals surface area contributed by atoms with Crippen LogP contribution in [0.3, 0.4) is 0 Å². The van der Waals surface area contributed by atoms with Crippen LogP contribution in [0.15, 0.2) is 36.9 Å². The minimum atomic E-state index is -1.02. The minimum absolute atomic E-state index is 0.114. The molecule has 0 saturated heterocycles. The Labute approximate surface area is 146 Å². The second kappa shape index (κ2) is 8.96. The molecule has 0 saturated carbocycles. The second-order valence-corrected chi connectivity index (χ2v) is 6.26. The zero-order chi connectivity index (χ0) is 19.0. The summed E-state index contributed by atoms with van der Waals surface area (Å²) in [4.78, 5) is 35.8. The molecule has 25 heavy (non-hydrogen) atoms. The molecule has 0 fully saturated rings. The highest BCUT2D eigenvalue weighted by atomic mass is 19.1. The van der Waals surface area contributed by atoms with Crippen molar-refractivity contribution < 1.29 is 28.2 Å². The van der Waals surface area contributed by atoms with Gasteiger partial charge in [-0.05, 0) is 51.5 Å². The molecule has 0 radical (unpaired) electrons. The molecule has 6 nitrogen and oxygen atoms in total. The van der Waals surface area contributed by atoms with E-state index < -0.39 is 41.9 Å². The summed E-state index contributed by atoms with van der Waals surface area (Å²) < 4.78 is 22.8. The number of Topliss-reactive ketones (excluding diaryl/α,β-unsaturated/α-hetero) is 1. The molecule has 0 bridgehead atoms. The number of rotatable bonds is 7. The van der Waals surface area contributed by atoms with Crippen molar-refractivity contribution >= 4 is 17.8 Å². The molecule has 1 rings (SSSR count). The van der Waals surface area contributed by atoms with Crippen molar-refractivity contribution in [3.63, 3.8) is 0 Å². The van der Waals surface area contributed by atoms with Gasteiger partial charge in [-0.15, -0.1) is 6.58 Å². The Bertz CT molecular complexity index is 634. The van der Waals surface area contributed by atoms with Crippen LogP contribution in [0.1, 0.15) is 37.6 Å². The molecule has 1 atom stereocenters. The summed E-state index contributed by atoms with van der Waals surface area (Å²) in [5.41, 5.74) is -0.500. The average molecular weight is 351 g/mol. The molecule has 0 heterocycles. The molecule has 0 aliphatic carbocycles. The van der Waals surface area contributed by atoms with Gasteiger partial charge in [-0.1, -0.05) is 6.08 Å². The van der Waals surface area contributed by atoms with Crippen molar-refractivity contribution in [1.82, 2.24) is 5.32 Å². The number of hydrogen-bond acceptors (Lipinski definition) is 5. The van der Waals surface area contributed by atoms with Gasteiger partial charge in [-0.25, -0.2) is 14.0 Å². The molecule has 0 aliphatic heterocycles. The Morgan fingerprint density at radius 3 is 2.36 bits per heavy atom. The normalized spacial score (nSPS) is 12.0. The average Bonchev–Trinajstić information content (AvgIpc) is 2.50. The molecule has 1 N–H and O–H groups in total. The van der Waals surface area contributed by atoms with E-state index in [0.29, 0.717) is 0 Å². The van der Waals surface area contributed by atoms with Gasteiger partial charge in [0.2, 0.25) is 0 Å². The first-order valence-electron chi connectivity index (χ1n) is 7.68. The van der Waals surface area contributed by atoms with Crippen LogP contribution >= 0.6 is 0 Å². The lowest BCUT2D eigenvalue weighted by atomic mass is 10.1. The molecule has 0 aromatic heterocycles. The predicted molar refractivity (Wildman–Crippen MR) is 89.7 cm³/mol. The summed E-state index contributed by atoms with van der Waals surface area (Å²) in [6, 6.07) is 3.85. The first-order valence-corrected chi connectivity index (χ1v) is 7.68. The summed E-state index contributed by atoms with van der Waals surface area (Å²) >= 11 is 0. The summed E-state index contributed by atoms with van der Waals surface area (Å²) in [5.74, 6) is -1.75. The third-order valence-electron chi connectivity index (χ3n) is 2.89. The Hall–Kier alpha value is -2.70. The van der Waals surface area contributed by atoms with Gasteiger partial charge in [0.05, 0.1) is 0 Å². The first-order chi connectivity index (χ1) is 11.6. The fourth-order valence-corrected chi connectivity index (χ4v) is 1.79. The van der Waals surface area contributed by atoms with E-state index in [1.807, 2.05) is 0 Å². The van der Waals surface area contributed by atoms with Gasteiger partial charge in [0, 0.05) is 5.56 Å². The van der Waals surface area contributed by atoms with Crippen molar-refractivity contribution in [2.45, 2.75) is 38.8 Å². The van der Waals surface area contributed by atoms with Crippen LogP contribution in [0.25, 0.3) is 0 Å². The Balaban J connectivity index is 2.60. The highest BCUT2D eigenvalue weighted by molar-refractivity contribution is 5.98. The van der Waals surface area contributed by atoms with Crippen molar-refractivity contribution in [2.75, 3.05) is 6.61 Å². The van der Waals surface area contributed by atoms with Crippen LogP contribution in [-0.2, 0) is 14.3 Å². The van der Waals surface area contributed by atoms with E-state index in [1.165, 1.54) is 18.2 Å². The van der Waals surface area contributed by atoms with Gasteiger partial charge in [0.25, 0.3) is 0 Å². The highest BCUT2D eigenvalue weighted by Crippen LogP contribution is 2.08. The second-order valence-electron chi connectivity index (χ2n) is 6.26. The van der Waals surface area contributed by atoms with E-state index in [9.17, 15) is 18.8 Å². The lowest BCUT2D eigenvalue weighted by Gasteiger charge is -2.22. The van der Waals surface area contributed by atoms with Gasteiger partial charge in [0.15, 0.2) is 12.4 Å². The van der Waals surface area contributed by atoms with E-state index in [4.69, 9.17) is 9.47 Å². The Morgan fingerprint density at radius 1 is 1.24 bits per heavy atom. The Kier molecular flexibility index (Phi) is 7.29. The monoisotopic (exact) mass is 351 g/mol.